The maximum atomic E-state index is 13.6. The monoisotopic (exact) mass is 572 g/mol. The van der Waals surface area contributed by atoms with Crippen LogP contribution in [-0.4, -0.2) is 75.7 Å². The Bertz CT molecular complexity index is 1580. The van der Waals surface area contributed by atoms with E-state index in [2.05, 4.69) is 15.3 Å². The van der Waals surface area contributed by atoms with Crippen LogP contribution in [0, 0.1) is 0 Å². The van der Waals surface area contributed by atoms with Gasteiger partial charge in [-0.05, 0) is 17.7 Å². The van der Waals surface area contributed by atoms with E-state index in [4.69, 9.17) is 19.6 Å². The molecule has 2 aromatic heterocycles. The molecule has 2 aromatic carbocycles. The first kappa shape index (κ1) is 29.3. The summed E-state index contributed by atoms with van der Waals surface area (Å²) >= 11 is 0. The Kier molecular flexibility index (Phi) is 9.02. The molecular formula is C27H27F3N6O5. The zero-order chi connectivity index (χ0) is 29.6. The van der Waals surface area contributed by atoms with Crippen LogP contribution in [0.25, 0.3) is 11.0 Å². The van der Waals surface area contributed by atoms with E-state index in [1.165, 1.54) is 4.68 Å². The van der Waals surface area contributed by atoms with E-state index in [0.29, 0.717) is 28.9 Å². The van der Waals surface area contributed by atoms with Crippen LogP contribution in [0.4, 0.5) is 19.1 Å². The maximum absolute atomic E-state index is 13.6. The lowest BCUT2D eigenvalue weighted by molar-refractivity contribution is -0.192. The van der Waals surface area contributed by atoms with Gasteiger partial charge in [0.2, 0.25) is 5.95 Å². The molecule has 2 N–H and O–H groups in total. The van der Waals surface area contributed by atoms with Crippen molar-refractivity contribution in [3.8, 4) is 5.75 Å². The van der Waals surface area contributed by atoms with Gasteiger partial charge < -0.3 is 24.6 Å². The SMILES string of the molecule is COc1cccc(C(=O)Cn2ncc3nc(N4CCNCC4)n(Cc4ccccc4)c3c2=O)c1.O=C(O)C(F)(F)F. The lowest BCUT2D eigenvalue weighted by Gasteiger charge is -2.28. The van der Waals surface area contributed by atoms with Crippen LogP contribution < -0.4 is 20.5 Å². The lowest BCUT2D eigenvalue weighted by Crippen LogP contribution is -2.44. The molecule has 3 heterocycles. The number of methoxy groups -OCH3 is 1. The molecule has 0 aliphatic carbocycles. The van der Waals surface area contributed by atoms with Crippen LogP contribution in [0.15, 0.2) is 65.6 Å². The molecule has 0 unspecified atom stereocenters. The van der Waals surface area contributed by atoms with Gasteiger partial charge in [0, 0.05) is 31.7 Å². The second-order valence-electron chi connectivity index (χ2n) is 9.02. The summed E-state index contributed by atoms with van der Waals surface area (Å²) in [4.78, 5) is 42.3. The van der Waals surface area contributed by atoms with E-state index in [1.807, 2.05) is 34.9 Å². The quantitative estimate of drug-likeness (QED) is 0.321. The largest absolute Gasteiger partial charge is 0.497 e. The van der Waals surface area contributed by atoms with Crippen molar-refractivity contribution < 1.29 is 32.6 Å². The number of rotatable bonds is 7. The number of nitrogens with one attached hydrogen (secondary N) is 1. The molecule has 1 saturated heterocycles. The van der Waals surface area contributed by atoms with Crippen LogP contribution in [0.5, 0.6) is 5.75 Å². The second-order valence-corrected chi connectivity index (χ2v) is 9.02. The number of imidazole rings is 1. The second kappa shape index (κ2) is 12.6. The van der Waals surface area contributed by atoms with Gasteiger partial charge in [0.05, 0.1) is 19.9 Å². The number of hydrogen-bond donors (Lipinski definition) is 2. The number of nitrogens with zero attached hydrogens (tertiary/aromatic N) is 5. The predicted molar refractivity (Wildman–Crippen MR) is 143 cm³/mol. The molecular weight excluding hydrogens is 545 g/mol. The molecule has 0 radical (unpaired) electrons. The summed E-state index contributed by atoms with van der Waals surface area (Å²) in [5.74, 6) is -1.64. The summed E-state index contributed by atoms with van der Waals surface area (Å²) in [5, 5.41) is 14.7. The van der Waals surface area contributed by atoms with Crippen LogP contribution in [0.3, 0.4) is 0 Å². The van der Waals surface area contributed by atoms with Crippen LogP contribution in [0.1, 0.15) is 15.9 Å². The molecule has 0 amide bonds. The summed E-state index contributed by atoms with van der Waals surface area (Å²) in [6.07, 6.45) is -3.51. The first-order chi connectivity index (χ1) is 19.6. The molecule has 216 valence electrons. The number of Topliss-reactive ketones (excluding diaryl/α,β-unsaturated/α-hetero) is 1. The van der Waals surface area contributed by atoms with Crippen molar-refractivity contribution in [2.75, 3.05) is 38.2 Å². The molecule has 1 aliphatic heterocycles. The van der Waals surface area contributed by atoms with Crippen LogP contribution >= 0.6 is 0 Å². The molecule has 11 nitrogen and oxygen atoms in total. The summed E-state index contributed by atoms with van der Waals surface area (Å²) in [7, 11) is 1.55. The van der Waals surface area contributed by atoms with E-state index in [1.54, 1.807) is 37.6 Å². The fourth-order valence-corrected chi connectivity index (χ4v) is 4.23. The number of fused-ring (bicyclic) bond motifs is 1. The van der Waals surface area contributed by atoms with E-state index >= 15 is 0 Å². The standard InChI is InChI=1S/C25H26N6O3.C2HF3O2/c1-34-20-9-5-8-19(14-20)22(32)17-31-24(33)23-21(15-27-31)28-25(29-12-10-26-11-13-29)30(23)16-18-6-3-2-4-7-18;3-2(4,5)1(6)7/h2-9,14-15,26H,10-13,16-17H2,1H3;(H,6,7). The summed E-state index contributed by atoms with van der Waals surface area (Å²) < 4.78 is 40.1. The molecule has 0 atom stereocenters. The number of carbonyl (C=O) groups excluding carboxylic acids is 1. The fourth-order valence-electron chi connectivity index (χ4n) is 4.23. The fraction of sp³-hybridized carbons (Fsp3) is 0.296. The summed E-state index contributed by atoms with van der Waals surface area (Å²) in [6, 6.07) is 16.9. The molecule has 0 bridgehead atoms. The number of ether oxygens (including phenoxy) is 1. The van der Waals surface area contributed by atoms with Gasteiger partial charge in [-0.1, -0.05) is 42.5 Å². The van der Waals surface area contributed by atoms with Gasteiger partial charge in [0.25, 0.3) is 5.56 Å². The zero-order valence-electron chi connectivity index (χ0n) is 22.0. The Morgan fingerprint density at radius 2 is 1.76 bits per heavy atom. The Morgan fingerprint density at radius 1 is 1.07 bits per heavy atom. The van der Waals surface area contributed by atoms with Crippen molar-refractivity contribution in [3.63, 3.8) is 0 Å². The third-order valence-corrected chi connectivity index (χ3v) is 6.24. The predicted octanol–water partition coefficient (Wildman–Crippen LogP) is 2.58. The molecule has 1 aliphatic rings. The number of carboxylic acids is 1. The Labute approximate surface area is 231 Å². The molecule has 1 fully saturated rings. The van der Waals surface area contributed by atoms with Crippen molar-refractivity contribution in [1.29, 1.82) is 0 Å². The third kappa shape index (κ3) is 7.08. The highest BCUT2D eigenvalue weighted by Crippen LogP contribution is 2.22. The third-order valence-electron chi connectivity index (χ3n) is 6.24. The highest BCUT2D eigenvalue weighted by molar-refractivity contribution is 5.96. The molecule has 5 rings (SSSR count). The summed E-state index contributed by atoms with van der Waals surface area (Å²) in [5.41, 5.74) is 2.17. The van der Waals surface area contributed by atoms with Crippen molar-refractivity contribution in [2.24, 2.45) is 0 Å². The van der Waals surface area contributed by atoms with Gasteiger partial charge in [-0.3, -0.25) is 9.59 Å². The highest BCUT2D eigenvalue weighted by Gasteiger charge is 2.38. The first-order valence-corrected chi connectivity index (χ1v) is 12.5. The van der Waals surface area contributed by atoms with E-state index in [9.17, 15) is 22.8 Å². The maximum Gasteiger partial charge on any atom is 0.490 e. The van der Waals surface area contributed by atoms with Crippen molar-refractivity contribution in [3.05, 3.63) is 82.3 Å². The summed E-state index contributed by atoms with van der Waals surface area (Å²) in [6.45, 7) is 3.64. The van der Waals surface area contributed by atoms with Crippen molar-refractivity contribution >= 4 is 28.7 Å². The van der Waals surface area contributed by atoms with E-state index < -0.39 is 12.1 Å². The highest BCUT2D eigenvalue weighted by atomic mass is 19.4. The average Bonchev–Trinajstić information content (AvgIpc) is 3.34. The van der Waals surface area contributed by atoms with Gasteiger partial charge >= 0.3 is 12.1 Å². The molecule has 14 heteroatoms. The number of hydrogen-bond acceptors (Lipinski definition) is 8. The van der Waals surface area contributed by atoms with Gasteiger partial charge in [0.15, 0.2) is 5.78 Å². The number of carbonyl (C=O) groups is 2. The molecule has 4 aromatic rings. The van der Waals surface area contributed by atoms with Crippen molar-refractivity contribution in [2.45, 2.75) is 19.3 Å². The Balaban J connectivity index is 0.000000493. The number of carboxylic acid groups (broad SMARTS) is 1. The smallest absolute Gasteiger partial charge is 0.490 e. The van der Waals surface area contributed by atoms with E-state index in [0.717, 1.165) is 37.7 Å². The number of alkyl halides is 3. The molecule has 0 saturated carbocycles. The minimum absolute atomic E-state index is 0.165. The van der Waals surface area contributed by atoms with Crippen LogP contribution in [0.2, 0.25) is 0 Å². The zero-order valence-corrected chi connectivity index (χ0v) is 22.0. The number of aromatic nitrogens is 4. The molecule has 41 heavy (non-hydrogen) atoms. The van der Waals surface area contributed by atoms with Gasteiger partial charge in [-0.2, -0.15) is 18.3 Å². The van der Waals surface area contributed by atoms with Crippen molar-refractivity contribution in [1.82, 2.24) is 24.6 Å². The average molecular weight is 573 g/mol. The number of halogens is 3. The van der Waals surface area contributed by atoms with Gasteiger partial charge in [-0.15, -0.1) is 0 Å². The number of anilines is 1. The minimum atomic E-state index is -5.08. The number of ketones is 1. The van der Waals surface area contributed by atoms with E-state index in [-0.39, 0.29) is 17.9 Å². The topological polar surface area (TPSA) is 132 Å². The number of benzene rings is 2. The van der Waals surface area contributed by atoms with Gasteiger partial charge in [-0.25, -0.2) is 14.5 Å². The van der Waals surface area contributed by atoms with Gasteiger partial charge in [0.1, 0.15) is 23.3 Å². The normalized spacial score (nSPS) is 13.4. The lowest BCUT2D eigenvalue weighted by atomic mass is 10.1. The minimum Gasteiger partial charge on any atom is -0.497 e. The molecule has 0 spiro atoms. The number of aliphatic carboxylic acids is 1. The first-order valence-electron chi connectivity index (χ1n) is 12.5. The Morgan fingerprint density at radius 3 is 2.39 bits per heavy atom. The van der Waals surface area contributed by atoms with Crippen LogP contribution in [-0.2, 0) is 17.9 Å². The number of piperazine rings is 1. The Hall–Kier alpha value is -4.72.